The van der Waals surface area contributed by atoms with Crippen molar-refractivity contribution in [3.05, 3.63) is 28.8 Å². The van der Waals surface area contributed by atoms with Crippen molar-refractivity contribution in [2.24, 2.45) is 0 Å². The van der Waals surface area contributed by atoms with E-state index in [9.17, 15) is 4.79 Å². The number of nitrogen functional groups attached to an aromatic ring is 1. The Labute approximate surface area is 111 Å². The Kier molecular flexibility index (Phi) is 5.50. The Morgan fingerprint density at radius 1 is 1.56 bits per heavy atom. The Morgan fingerprint density at radius 2 is 2.28 bits per heavy atom. The number of nitrogens with two attached hydrogens (primary N) is 1. The van der Waals surface area contributed by atoms with E-state index in [-0.39, 0.29) is 6.61 Å². The number of ether oxygens (including phenoxy) is 2. The van der Waals surface area contributed by atoms with E-state index in [1.807, 2.05) is 0 Å². The number of carbonyl (C=O) groups is 1. The summed E-state index contributed by atoms with van der Waals surface area (Å²) in [6.45, 7) is 1.71. The summed E-state index contributed by atoms with van der Waals surface area (Å²) >= 11 is 5.82. The first-order chi connectivity index (χ1) is 8.54. The molecule has 18 heavy (non-hydrogen) atoms. The third kappa shape index (κ3) is 4.28. The molecule has 5 heteroatoms. The SMILES string of the molecule is COC(=O)[C@@H](C)OCC#Cc1cc(Cl)ccc1N. The van der Waals surface area contributed by atoms with Gasteiger partial charge in [0.2, 0.25) is 0 Å². The van der Waals surface area contributed by atoms with Crippen molar-refractivity contribution in [1.82, 2.24) is 0 Å². The van der Waals surface area contributed by atoms with E-state index < -0.39 is 12.1 Å². The maximum atomic E-state index is 11.0. The Morgan fingerprint density at radius 3 is 2.94 bits per heavy atom. The topological polar surface area (TPSA) is 61.5 Å². The predicted octanol–water partition coefficient (Wildman–Crippen LogP) is 1.85. The lowest BCUT2D eigenvalue weighted by molar-refractivity contribution is -0.151. The van der Waals surface area contributed by atoms with Crippen molar-refractivity contribution >= 4 is 23.3 Å². The van der Waals surface area contributed by atoms with Crippen LogP contribution >= 0.6 is 11.6 Å². The molecule has 0 aliphatic rings. The second-order valence-corrected chi connectivity index (χ2v) is 3.95. The lowest BCUT2D eigenvalue weighted by atomic mass is 10.2. The Bertz CT molecular complexity index is 491. The standard InChI is InChI=1S/C13H14ClNO3/c1-9(13(16)17-2)18-7-3-4-10-8-11(14)5-6-12(10)15/h5-6,8-9H,7,15H2,1-2H3/t9-/m1/s1. The van der Waals surface area contributed by atoms with Crippen LogP contribution in [0.5, 0.6) is 0 Å². The van der Waals surface area contributed by atoms with Gasteiger partial charge in [-0.1, -0.05) is 23.4 Å². The molecule has 0 aromatic heterocycles. The fraction of sp³-hybridized carbons (Fsp3) is 0.308. The van der Waals surface area contributed by atoms with Gasteiger partial charge in [-0.05, 0) is 25.1 Å². The number of benzene rings is 1. The van der Waals surface area contributed by atoms with Gasteiger partial charge in [-0.15, -0.1) is 0 Å². The molecule has 0 saturated heterocycles. The Balaban J connectivity index is 2.56. The van der Waals surface area contributed by atoms with E-state index in [2.05, 4.69) is 16.6 Å². The molecule has 0 saturated carbocycles. The first-order valence-electron chi connectivity index (χ1n) is 5.28. The molecule has 2 N–H and O–H groups in total. The molecule has 1 rings (SSSR count). The maximum Gasteiger partial charge on any atom is 0.334 e. The van der Waals surface area contributed by atoms with Crippen molar-refractivity contribution < 1.29 is 14.3 Å². The third-order valence-electron chi connectivity index (χ3n) is 2.18. The maximum absolute atomic E-state index is 11.0. The molecule has 1 aromatic rings. The zero-order valence-corrected chi connectivity index (χ0v) is 11.0. The minimum Gasteiger partial charge on any atom is -0.467 e. The van der Waals surface area contributed by atoms with Gasteiger partial charge in [0.25, 0.3) is 0 Å². The van der Waals surface area contributed by atoms with Gasteiger partial charge in [-0.3, -0.25) is 0 Å². The number of hydrogen-bond donors (Lipinski definition) is 1. The summed E-state index contributed by atoms with van der Waals surface area (Å²) in [6, 6.07) is 5.05. The minimum absolute atomic E-state index is 0.113. The second kappa shape index (κ2) is 6.90. The highest BCUT2D eigenvalue weighted by molar-refractivity contribution is 6.30. The molecule has 0 unspecified atom stereocenters. The predicted molar refractivity (Wildman–Crippen MR) is 70.2 cm³/mol. The smallest absolute Gasteiger partial charge is 0.334 e. The number of esters is 1. The van der Waals surface area contributed by atoms with Gasteiger partial charge >= 0.3 is 5.97 Å². The van der Waals surface area contributed by atoms with E-state index in [4.69, 9.17) is 22.1 Å². The van der Waals surface area contributed by atoms with E-state index in [1.165, 1.54) is 7.11 Å². The highest BCUT2D eigenvalue weighted by Gasteiger charge is 2.11. The fourth-order valence-electron chi connectivity index (χ4n) is 1.17. The first kappa shape index (κ1) is 14.4. The number of rotatable bonds is 3. The monoisotopic (exact) mass is 267 g/mol. The summed E-state index contributed by atoms with van der Waals surface area (Å²) in [5, 5.41) is 0.567. The number of carbonyl (C=O) groups excluding carboxylic acids is 1. The molecule has 1 aromatic carbocycles. The summed E-state index contributed by atoms with van der Waals surface area (Å²) in [6.07, 6.45) is -0.638. The average molecular weight is 268 g/mol. The molecule has 0 fully saturated rings. The lowest BCUT2D eigenvalue weighted by Gasteiger charge is -2.07. The van der Waals surface area contributed by atoms with Gasteiger partial charge in [0.1, 0.15) is 6.61 Å². The van der Waals surface area contributed by atoms with Gasteiger partial charge < -0.3 is 15.2 Å². The summed E-state index contributed by atoms with van der Waals surface area (Å²) in [4.78, 5) is 11.0. The number of halogens is 1. The fourth-order valence-corrected chi connectivity index (χ4v) is 1.34. The molecule has 0 aliphatic carbocycles. The van der Waals surface area contributed by atoms with Crippen molar-refractivity contribution in [3.63, 3.8) is 0 Å². The van der Waals surface area contributed by atoms with Gasteiger partial charge in [0.05, 0.1) is 7.11 Å². The zero-order valence-electron chi connectivity index (χ0n) is 10.2. The number of anilines is 1. The minimum atomic E-state index is -0.638. The van der Waals surface area contributed by atoms with Crippen LogP contribution in [0.15, 0.2) is 18.2 Å². The van der Waals surface area contributed by atoms with E-state index in [0.29, 0.717) is 16.3 Å². The largest absolute Gasteiger partial charge is 0.467 e. The normalized spacial score (nSPS) is 11.3. The van der Waals surface area contributed by atoms with Crippen LogP contribution in [0.1, 0.15) is 12.5 Å². The van der Waals surface area contributed by atoms with Crippen LogP contribution in [0.4, 0.5) is 5.69 Å². The average Bonchev–Trinajstić information content (AvgIpc) is 2.37. The molecule has 4 nitrogen and oxygen atoms in total. The van der Waals surface area contributed by atoms with Crippen LogP contribution in [0.3, 0.4) is 0 Å². The van der Waals surface area contributed by atoms with Gasteiger partial charge in [0.15, 0.2) is 6.10 Å². The zero-order chi connectivity index (χ0) is 13.5. The summed E-state index contributed by atoms with van der Waals surface area (Å²) < 4.78 is 9.68. The lowest BCUT2D eigenvalue weighted by Crippen LogP contribution is -2.22. The van der Waals surface area contributed by atoms with Crippen LogP contribution in [0.2, 0.25) is 5.02 Å². The first-order valence-corrected chi connectivity index (χ1v) is 5.65. The number of methoxy groups -OCH3 is 1. The second-order valence-electron chi connectivity index (χ2n) is 3.51. The van der Waals surface area contributed by atoms with Crippen LogP contribution in [-0.4, -0.2) is 25.8 Å². The van der Waals surface area contributed by atoms with E-state index >= 15 is 0 Å². The van der Waals surface area contributed by atoms with Crippen LogP contribution in [0, 0.1) is 11.8 Å². The van der Waals surface area contributed by atoms with E-state index in [1.54, 1.807) is 25.1 Å². The molecule has 0 spiro atoms. The van der Waals surface area contributed by atoms with Gasteiger partial charge in [0, 0.05) is 16.3 Å². The summed E-state index contributed by atoms with van der Waals surface area (Å²) in [5.41, 5.74) is 6.91. The molecule has 1 atom stereocenters. The summed E-state index contributed by atoms with van der Waals surface area (Å²) in [7, 11) is 1.31. The highest BCUT2D eigenvalue weighted by Crippen LogP contribution is 2.16. The molecule has 0 radical (unpaired) electrons. The molecule has 0 aliphatic heterocycles. The Hall–Kier alpha value is -1.70. The molecule has 0 bridgehead atoms. The number of hydrogen-bond acceptors (Lipinski definition) is 4. The molecular weight excluding hydrogens is 254 g/mol. The van der Waals surface area contributed by atoms with E-state index in [0.717, 1.165) is 0 Å². The van der Waals surface area contributed by atoms with Gasteiger partial charge in [-0.25, -0.2) is 4.79 Å². The molecular formula is C13H14ClNO3. The van der Waals surface area contributed by atoms with Crippen LogP contribution < -0.4 is 5.73 Å². The highest BCUT2D eigenvalue weighted by atomic mass is 35.5. The van der Waals surface area contributed by atoms with Crippen LogP contribution in [-0.2, 0) is 14.3 Å². The summed E-state index contributed by atoms with van der Waals surface area (Å²) in [5.74, 6) is 5.16. The van der Waals surface area contributed by atoms with Crippen molar-refractivity contribution in [3.8, 4) is 11.8 Å². The van der Waals surface area contributed by atoms with Gasteiger partial charge in [-0.2, -0.15) is 0 Å². The van der Waals surface area contributed by atoms with Crippen LogP contribution in [0.25, 0.3) is 0 Å². The quantitative estimate of drug-likeness (QED) is 0.516. The molecule has 0 amide bonds. The van der Waals surface area contributed by atoms with Crippen molar-refractivity contribution in [2.45, 2.75) is 13.0 Å². The third-order valence-corrected chi connectivity index (χ3v) is 2.41. The van der Waals surface area contributed by atoms with Crippen molar-refractivity contribution in [2.75, 3.05) is 19.5 Å². The molecule has 96 valence electrons. The van der Waals surface area contributed by atoms with Crippen molar-refractivity contribution in [1.29, 1.82) is 0 Å². The molecule has 0 heterocycles.